The van der Waals surface area contributed by atoms with Gasteiger partial charge in [0.1, 0.15) is 0 Å². The lowest BCUT2D eigenvalue weighted by Crippen LogP contribution is -2.28. The Labute approximate surface area is 97.9 Å². The van der Waals surface area contributed by atoms with Crippen molar-refractivity contribution in [1.82, 2.24) is 0 Å². The summed E-state index contributed by atoms with van der Waals surface area (Å²) in [5.74, 6) is 0. The molecule has 0 unspecified atom stereocenters. The van der Waals surface area contributed by atoms with E-state index in [2.05, 4.69) is 31.0 Å². The molecule has 2 heteroatoms. The molecule has 1 N–H and O–H groups in total. The third-order valence-electron chi connectivity index (χ3n) is 3.78. The Hall–Kier alpha value is -1.02. The monoisotopic (exact) mass is 219 g/mol. The maximum Gasteiger partial charge on any atom is 0.0684 e. The third-order valence-corrected chi connectivity index (χ3v) is 3.78. The Kier molecular flexibility index (Phi) is 3.49. The van der Waals surface area contributed by atoms with Crippen LogP contribution in [0.3, 0.4) is 0 Å². The average Bonchev–Trinajstić information content (AvgIpc) is 2.81. The number of nitrogens with zero attached hydrogens (tertiary/aromatic N) is 1. The van der Waals surface area contributed by atoms with Crippen LogP contribution in [0.2, 0.25) is 0 Å². The number of aliphatic hydroxyl groups is 1. The lowest BCUT2D eigenvalue weighted by Gasteiger charge is -2.27. The van der Waals surface area contributed by atoms with Crippen LogP contribution in [0.1, 0.15) is 36.8 Å². The molecule has 16 heavy (non-hydrogen) atoms. The summed E-state index contributed by atoms with van der Waals surface area (Å²) in [5, 5.41) is 9.15. The van der Waals surface area contributed by atoms with E-state index in [9.17, 15) is 0 Å². The number of hydrogen-bond donors (Lipinski definition) is 1. The molecule has 0 spiro atoms. The van der Waals surface area contributed by atoms with Gasteiger partial charge in [-0.3, -0.25) is 0 Å². The van der Waals surface area contributed by atoms with Crippen LogP contribution in [-0.4, -0.2) is 18.2 Å². The summed E-state index contributed by atoms with van der Waals surface area (Å²) in [6, 6.07) is 7.05. The average molecular weight is 219 g/mol. The topological polar surface area (TPSA) is 23.5 Å². The smallest absolute Gasteiger partial charge is 0.0684 e. The lowest BCUT2D eigenvalue weighted by molar-refractivity contribution is 0.281. The molecule has 0 heterocycles. The molecule has 1 aromatic carbocycles. The number of benzene rings is 1. The van der Waals surface area contributed by atoms with E-state index < -0.39 is 0 Å². The van der Waals surface area contributed by atoms with E-state index in [1.54, 1.807) is 0 Å². The summed E-state index contributed by atoms with van der Waals surface area (Å²) in [7, 11) is 2.18. The first-order chi connectivity index (χ1) is 7.72. The molecule has 0 aromatic heterocycles. The lowest BCUT2D eigenvalue weighted by atomic mass is 10.1. The van der Waals surface area contributed by atoms with Crippen molar-refractivity contribution in [1.29, 1.82) is 0 Å². The van der Waals surface area contributed by atoms with E-state index >= 15 is 0 Å². The van der Waals surface area contributed by atoms with E-state index in [0.717, 1.165) is 5.56 Å². The van der Waals surface area contributed by atoms with Crippen LogP contribution in [-0.2, 0) is 6.61 Å². The number of hydrogen-bond acceptors (Lipinski definition) is 2. The van der Waals surface area contributed by atoms with Gasteiger partial charge in [0.05, 0.1) is 6.61 Å². The van der Waals surface area contributed by atoms with Crippen molar-refractivity contribution in [2.45, 2.75) is 45.3 Å². The number of aryl methyl sites for hydroxylation is 1. The second kappa shape index (κ2) is 4.88. The Morgan fingerprint density at radius 1 is 1.31 bits per heavy atom. The fourth-order valence-electron chi connectivity index (χ4n) is 2.58. The second-order valence-electron chi connectivity index (χ2n) is 4.82. The SMILES string of the molecule is Cc1cc(N(C)C2CCCC2)ccc1CO. The first kappa shape index (κ1) is 11.5. The highest BCUT2D eigenvalue weighted by Crippen LogP contribution is 2.28. The van der Waals surface area contributed by atoms with E-state index in [4.69, 9.17) is 5.11 Å². The highest BCUT2D eigenvalue weighted by Gasteiger charge is 2.19. The van der Waals surface area contributed by atoms with Crippen LogP contribution in [0.15, 0.2) is 18.2 Å². The van der Waals surface area contributed by atoms with Crippen molar-refractivity contribution in [2.24, 2.45) is 0 Å². The molecule has 0 aliphatic heterocycles. The first-order valence-electron chi connectivity index (χ1n) is 6.15. The maximum absolute atomic E-state index is 9.15. The third kappa shape index (κ3) is 2.22. The van der Waals surface area contributed by atoms with Crippen LogP contribution in [0.25, 0.3) is 0 Å². The van der Waals surface area contributed by atoms with Gasteiger partial charge in [-0.25, -0.2) is 0 Å². The van der Waals surface area contributed by atoms with Crippen molar-refractivity contribution in [3.63, 3.8) is 0 Å². The molecular formula is C14H21NO. The molecule has 1 fully saturated rings. The summed E-state index contributed by atoms with van der Waals surface area (Å²) in [6.45, 7) is 2.21. The van der Waals surface area contributed by atoms with Crippen molar-refractivity contribution in [3.05, 3.63) is 29.3 Å². The van der Waals surface area contributed by atoms with Crippen LogP contribution in [0, 0.1) is 6.92 Å². The molecule has 1 aliphatic rings. The Morgan fingerprint density at radius 2 is 2.00 bits per heavy atom. The molecule has 1 saturated carbocycles. The van der Waals surface area contributed by atoms with E-state index in [0.29, 0.717) is 6.04 Å². The largest absolute Gasteiger partial charge is 0.392 e. The van der Waals surface area contributed by atoms with Crippen LogP contribution in [0.5, 0.6) is 0 Å². The zero-order valence-electron chi connectivity index (χ0n) is 10.2. The van der Waals surface area contributed by atoms with Gasteiger partial charge in [-0.1, -0.05) is 18.9 Å². The minimum absolute atomic E-state index is 0.138. The number of aliphatic hydroxyl groups excluding tert-OH is 1. The summed E-state index contributed by atoms with van der Waals surface area (Å²) in [6.07, 6.45) is 5.36. The van der Waals surface area contributed by atoms with Gasteiger partial charge < -0.3 is 10.0 Å². The van der Waals surface area contributed by atoms with E-state index in [1.807, 2.05) is 6.07 Å². The van der Waals surface area contributed by atoms with Gasteiger partial charge >= 0.3 is 0 Å². The Balaban J connectivity index is 2.16. The van der Waals surface area contributed by atoms with Crippen LogP contribution < -0.4 is 4.90 Å². The van der Waals surface area contributed by atoms with Crippen LogP contribution in [0.4, 0.5) is 5.69 Å². The summed E-state index contributed by atoms with van der Waals surface area (Å²) in [4.78, 5) is 2.39. The molecule has 88 valence electrons. The predicted molar refractivity (Wildman–Crippen MR) is 67.8 cm³/mol. The van der Waals surface area contributed by atoms with Gasteiger partial charge in [-0.15, -0.1) is 0 Å². The van der Waals surface area contributed by atoms with Gasteiger partial charge in [-0.05, 0) is 43.0 Å². The molecule has 1 aliphatic carbocycles. The molecule has 0 bridgehead atoms. The first-order valence-corrected chi connectivity index (χ1v) is 6.15. The minimum Gasteiger partial charge on any atom is -0.392 e. The molecule has 2 rings (SSSR count). The van der Waals surface area contributed by atoms with Gasteiger partial charge in [-0.2, -0.15) is 0 Å². The number of anilines is 1. The normalized spacial score (nSPS) is 16.7. The molecule has 0 saturated heterocycles. The van der Waals surface area contributed by atoms with Crippen molar-refractivity contribution >= 4 is 5.69 Å². The van der Waals surface area contributed by atoms with Gasteiger partial charge in [0.25, 0.3) is 0 Å². The van der Waals surface area contributed by atoms with Crippen LogP contribution >= 0.6 is 0 Å². The quantitative estimate of drug-likeness (QED) is 0.845. The standard InChI is InChI=1S/C14H21NO/c1-11-9-14(8-7-12(11)10-16)15(2)13-5-3-4-6-13/h7-9,13,16H,3-6,10H2,1-2H3. The molecular weight excluding hydrogens is 198 g/mol. The van der Waals surface area contributed by atoms with E-state index in [1.165, 1.54) is 36.9 Å². The highest BCUT2D eigenvalue weighted by atomic mass is 16.3. The zero-order valence-corrected chi connectivity index (χ0v) is 10.2. The van der Waals surface area contributed by atoms with Crippen molar-refractivity contribution < 1.29 is 5.11 Å². The highest BCUT2D eigenvalue weighted by molar-refractivity contribution is 5.51. The fraction of sp³-hybridized carbons (Fsp3) is 0.571. The van der Waals surface area contributed by atoms with Crippen molar-refractivity contribution in [2.75, 3.05) is 11.9 Å². The maximum atomic E-state index is 9.15. The molecule has 2 nitrogen and oxygen atoms in total. The Bertz CT molecular complexity index is 356. The second-order valence-corrected chi connectivity index (χ2v) is 4.82. The summed E-state index contributed by atoms with van der Waals surface area (Å²) < 4.78 is 0. The molecule has 0 amide bonds. The van der Waals surface area contributed by atoms with Crippen molar-refractivity contribution in [3.8, 4) is 0 Å². The van der Waals surface area contributed by atoms with Gasteiger partial charge in [0, 0.05) is 18.8 Å². The Morgan fingerprint density at radius 3 is 2.56 bits per heavy atom. The molecule has 0 radical (unpaired) electrons. The summed E-state index contributed by atoms with van der Waals surface area (Å²) >= 11 is 0. The fourth-order valence-corrected chi connectivity index (χ4v) is 2.58. The zero-order chi connectivity index (χ0) is 11.5. The van der Waals surface area contributed by atoms with Gasteiger partial charge in [0.2, 0.25) is 0 Å². The van der Waals surface area contributed by atoms with Gasteiger partial charge in [0.15, 0.2) is 0 Å². The predicted octanol–water partition coefficient (Wildman–Crippen LogP) is 2.87. The van der Waals surface area contributed by atoms with E-state index in [-0.39, 0.29) is 6.61 Å². The molecule has 1 aromatic rings. The number of rotatable bonds is 3. The summed E-state index contributed by atoms with van der Waals surface area (Å²) in [5.41, 5.74) is 3.50. The molecule has 0 atom stereocenters. The minimum atomic E-state index is 0.138.